The molecule has 0 unspecified atom stereocenters. The summed E-state index contributed by atoms with van der Waals surface area (Å²) >= 11 is 8.78. The Morgan fingerprint density at radius 3 is 2.35 bits per heavy atom. The summed E-state index contributed by atoms with van der Waals surface area (Å²) in [6.07, 6.45) is 9.46. The number of allylic oxidation sites excluding steroid dienone is 1. The molecule has 1 fully saturated rings. The van der Waals surface area contributed by atoms with Gasteiger partial charge in [-0.3, -0.25) is 28.6 Å². The zero-order chi connectivity index (χ0) is 30.7. The van der Waals surface area contributed by atoms with Gasteiger partial charge in [-0.1, -0.05) is 74.8 Å². The zero-order valence-corrected chi connectivity index (χ0v) is 26.5. The van der Waals surface area contributed by atoms with Gasteiger partial charge in [0.05, 0.1) is 15.2 Å². The summed E-state index contributed by atoms with van der Waals surface area (Å²) in [5, 5.41) is 19.4. The molecule has 0 spiro atoms. The number of anilines is 1. The van der Waals surface area contributed by atoms with Crippen LogP contribution in [-0.4, -0.2) is 61.7 Å². The normalized spacial score (nSPS) is 18.3. The van der Waals surface area contributed by atoms with E-state index in [0.29, 0.717) is 38.0 Å². The molecule has 2 N–H and O–H groups in total. The molecule has 0 bridgehead atoms. The van der Waals surface area contributed by atoms with Crippen LogP contribution in [0.2, 0.25) is 0 Å². The fraction of sp³-hybridized carbons (Fsp3) is 0.393. The van der Waals surface area contributed by atoms with Gasteiger partial charge in [-0.05, 0) is 18.6 Å². The quantitative estimate of drug-likeness (QED) is 0.254. The molecule has 1 aromatic heterocycles. The van der Waals surface area contributed by atoms with E-state index in [9.17, 15) is 29.4 Å². The number of ether oxygens (including phenoxy) is 2. The van der Waals surface area contributed by atoms with E-state index in [-0.39, 0.29) is 28.1 Å². The fourth-order valence-electron chi connectivity index (χ4n) is 4.82. The van der Waals surface area contributed by atoms with Crippen molar-refractivity contribution in [2.75, 3.05) is 24.8 Å². The Balaban J connectivity index is 1.53. The first-order chi connectivity index (χ1) is 20.7. The number of carboxylic acids is 2. The second-order valence-corrected chi connectivity index (χ2v) is 13.6. The number of carbonyl (C=O) groups excluding carboxylic acids is 1. The first kappa shape index (κ1) is 31.2. The van der Waals surface area contributed by atoms with E-state index >= 15 is 0 Å². The van der Waals surface area contributed by atoms with Crippen molar-refractivity contribution >= 4 is 85.9 Å². The lowest BCUT2D eigenvalue weighted by Crippen LogP contribution is -2.35. The molecule has 11 nitrogen and oxygen atoms in total. The molecule has 1 amide bonds. The Bertz CT molecular complexity index is 1700. The highest BCUT2D eigenvalue weighted by Crippen LogP contribution is 2.51. The summed E-state index contributed by atoms with van der Waals surface area (Å²) in [6.45, 7) is 1.80. The number of aliphatic carboxylic acids is 2. The lowest BCUT2D eigenvalue weighted by molar-refractivity contribution is -0.140. The van der Waals surface area contributed by atoms with E-state index in [0.717, 1.165) is 71.4 Å². The van der Waals surface area contributed by atoms with E-state index < -0.39 is 24.4 Å². The van der Waals surface area contributed by atoms with Crippen molar-refractivity contribution in [3.8, 4) is 11.5 Å². The third-order valence-corrected chi connectivity index (χ3v) is 10.7. The number of thioether (sulfide) groups is 2. The van der Waals surface area contributed by atoms with Gasteiger partial charge < -0.3 is 24.6 Å². The minimum Gasteiger partial charge on any atom is -0.480 e. The largest absolute Gasteiger partial charge is 0.480 e. The average molecular weight is 664 g/mol. The molecule has 0 saturated carbocycles. The number of thiocarbonyl (C=S) groups is 1. The summed E-state index contributed by atoms with van der Waals surface area (Å²) < 4.78 is 13.4. The summed E-state index contributed by atoms with van der Waals surface area (Å²) in [5.41, 5.74) is 0.388. The van der Waals surface area contributed by atoms with Gasteiger partial charge in [0.15, 0.2) is 11.5 Å². The Labute approximate surface area is 264 Å². The van der Waals surface area contributed by atoms with Gasteiger partial charge in [0.1, 0.15) is 27.0 Å². The summed E-state index contributed by atoms with van der Waals surface area (Å²) in [7, 11) is 0. The Morgan fingerprint density at radius 1 is 0.953 bits per heavy atom. The highest BCUT2D eigenvalue weighted by atomic mass is 32.2. The molecule has 2 aromatic rings. The van der Waals surface area contributed by atoms with Crippen LogP contribution in [0.3, 0.4) is 0 Å². The number of thiazole rings is 1. The van der Waals surface area contributed by atoms with Crippen LogP contribution in [-0.2, 0) is 20.9 Å². The molecule has 0 radical (unpaired) electrons. The third-order valence-electron chi connectivity index (χ3n) is 6.88. The predicted molar refractivity (Wildman–Crippen MR) is 170 cm³/mol. The summed E-state index contributed by atoms with van der Waals surface area (Å²) in [6, 6.07) is 3.55. The second kappa shape index (κ2) is 13.6. The maximum atomic E-state index is 13.7. The van der Waals surface area contributed by atoms with Crippen molar-refractivity contribution in [2.24, 2.45) is 0 Å². The van der Waals surface area contributed by atoms with E-state index in [4.69, 9.17) is 21.7 Å². The summed E-state index contributed by atoms with van der Waals surface area (Å²) in [5.74, 6) is -1.62. The molecule has 0 aliphatic carbocycles. The van der Waals surface area contributed by atoms with Crippen molar-refractivity contribution in [1.29, 1.82) is 0 Å². The monoisotopic (exact) mass is 663 g/mol. The van der Waals surface area contributed by atoms with Gasteiger partial charge >= 0.3 is 11.9 Å². The molecule has 3 aliphatic heterocycles. The average Bonchev–Trinajstić information content (AvgIpc) is 3.70. The second-order valence-electron chi connectivity index (χ2n) is 9.90. The van der Waals surface area contributed by atoms with Crippen LogP contribution < -0.4 is 29.1 Å². The first-order valence-corrected chi connectivity index (χ1v) is 16.6. The van der Waals surface area contributed by atoms with Gasteiger partial charge in [0.2, 0.25) is 6.79 Å². The number of carbonyl (C=O) groups is 3. The number of carboxylic acid groups (broad SMARTS) is 2. The van der Waals surface area contributed by atoms with E-state index in [1.54, 1.807) is 33.8 Å². The molecular weight excluding hydrogens is 635 g/mol. The highest BCUT2D eigenvalue weighted by molar-refractivity contribution is 8.30. The molecule has 15 heteroatoms. The van der Waals surface area contributed by atoms with Crippen molar-refractivity contribution < 1.29 is 34.1 Å². The fourth-order valence-corrected chi connectivity index (χ4v) is 8.37. The van der Waals surface area contributed by atoms with Gasteiger partial charge in [0.25, 0.3) is 11.5 Å². The lowest BCUT2D eigenvalue weighted by atomic mass is 10.1. The number of benzene rings is 1. The highest BCUT2D eigenvalue weighted by Gasteiger charge is 2.35. The lowest BCUT2D eigenvalue weighted by Gasteiger charge is -2.17. The summed E-state index contributed by atoms with van der Waals surface area (Å²) in [4.78, 5) is 53.6. The van der Waals surface area contributed by atoms with E-state index in [1.165, 1.54) is 11.8 Å². The molecule has 5 rings (SSSR count). The molecule has 1 saturated heterocycles. The molecule has 3 aliphatic rings. The Hall–Kier alpha value is -3.27. The number of fused-ring (bicyclic) bond motifs is 2. The molecule has 0 atom stereocenters. The number of amides is 1. The molecule has 4 heterocycles. The smallest absolute Gasteiger partial charge is 0.323 e. The number of hydrogen-bond donors (Lipinski definition) is 2. The van der Waals surface area contributed by atoms with Crippen LogP contribution in [0.25, 0.3) is 11.0 Å². The standard InChI is InChI=1S/C28H29N3O8S4/c1-2-3-4-5-6-7-10-29-25(36)19(42-27(29)24-26(37)31(14-23(34)35)28(40)43-24)8-9-21-30(13-22(32)33)16-11-17-18(39-15-38-17)12-20(16)41-21/h8-9,11-12H,2-7,10,13-15H2,1H3,(H,32,33)(H,34,35). The molecule has 43 heavy (non-hydrogen) atoms. The van der Waals surface area contributed by atoms with Crippen LogP contribution in [0, 0.1) is 0 Å². The van der Waals surface area contributed by atoms with Crippen molar-refractivity contribution in [2.45, 2.75) is 56.9 Å². The number of nitrogens with zero attached hydrogens (tertiary/aromatic N) is 3. The SMILES string of the molecule is CCCCCCCCn1c(=C2SC(=S)N(CC(=O)O)C2=O)sc(=CC=C2Sc3cc4c(cc3N2CC(=O)O)OCO4)c1=O. The van der Waals surface area contributed by atoms with Crippen molar-refractivity contribution in [3.63, 3.8) is 0 Å². The number of rotatable bonds is 12. The zero-order valence-electron chi connectivity index (χ0n) is 23.2. The van der Waals surface area contributed by atoms with Crippen LogP contribution in [0.5, 0.6) is 11.5 Å². The first-order valence-electron chi connectivity index (χ1n) is 13.7. The van der Waals surface area contributed by atoms with Gasteiger partial charge in [0, 0.05) is 23.6 Å². The van der Waals surface area contributed by atoms with Crippen LogP contribution in [0.15, 0.2) is 32.9 Å². The van der Waals surface area contributed by atoms with Gasteiger partial charge in [-0.2, -0.15) is 0 Å². The van der Waals surface area contributed by atoms with Crippen molar-refractivity contribution in [1.82, 2.24) is 9.47 Å². The van der Waals surface area contributed by atoms with Gasteiger partial charge in [-0.25, -0.2) is 0 Å². The number of hydrogen-bond acceptors (Lipinski definition) is 11. The Kier molecular flexibility index (Phi) is 9.84. The number of aromatic nitrogens is 1. The van der Waals surface area contributed by atoms with E-state index in [2.05, 4.69) is 6.92 Å². The maximum Gasteiger partial charge on any atom is 0.323 e. The van der Waals surface area contributed by atoms with Crippen LogP contribution >= 0.6 is 47.1 Å². The molecule has 228 valence electrons. The molecular formula is C28H29N3O8S4. The van der Waals surface area contributed by atoms with E-state index in [1.807, 2.05) is 0 Å². The molecule has 1 aromatic carbocycles. The van der Waals surface area contributed by atoms with Gasteiger partial charge in [-0.15, -0.1) is 11.3 Å². The third kappa shape index (κ3) is 6.79. The van der Waals surface area contributed by atoms with Crippen LogP contribution in [0.4, 0.5) is 5.69 Å². The topological polar surface area (TPSA) is 139 Å². The minimum atomic E-state index is -1.18. The maximum absolute atomic E-state index is 13.7. The Morgan fingerprint density at radius 2 is 1.63 bits per heavy atom. The van der Waals surface area contributed by atoms with Crippen LogP contribution in [0.1, 0.15) is 45.4 Å². The number of unbranched alkanes of at least 4 members (excludes halogenated alkanes) is 5. The minimum absolute atomic E-state index is 0.0998. The predicted octanol–water partition coefficient (Wildman–Crippen LogP) is 3.37. The van der Waals surface area contributed by atoms with Crippen molar-refractivity contribution in [3.05, 3.63) is 42.8 Å².